The molecule has 0 aliphatic heterocycles. The SMILES string of the molecule is Cc1nc(CC(O)Cc2cc(F)cc(F)c2)cs1. The molecule has 0 saturated heterocycles. The lowest BCUT2D eigenvalue weighted by molar-refractivity contribution is 0.174. The maximum absolute atomic E-state index is 13.0. The minimum Gasteiger partial charge on any atom is -0.392 e. The molecule has 5 heteroatoms. The summed E-state index contributed by atoms with van der Waals surface area (Å²) in [6.45, 7) is 1.89. The van der Waals surface area contributed by atoms with Gasteiger partial charge < -0.3 is 5.11 Å². The molecule has 1 unspecified atom stereocenters. The smallest absolute Gasteiger partial charge is 0.126 e. The van der Waals surface area contributed by atoms with Crippen LogP contribution in [0.2, 0.25) is 0 Å². The van der Waals surface area contributed by atoms with E-state index in [0.29, 0.717) is 12.0 Å². The second-order valence-corrected chi connectivity index (χ2v) is 5.26. The summed E-state index contributed by atoms with van der Waals surface area (Å²) < 4.78 is 26.0. The zero-order valence-electron chi connectivity index (χ0n) is 9.86. The number of hydrogen-bond acceptors (Lipinski definition) is 3. The van der Waals surface area contributed by atoms with Gasteiger partial charge in [-0.05, 0) is 31.0 Å². The van der Waals surface area contributed by atoms with Gasteiger partial charge in [0.05, 0.1) is 16.8 Å². The van der Waals surface area contributed by atoms with Crippen molar-refractivity contribution in [3.63, 3.8) is 0 Å². The monoisotopic (exact) mass is 269 g/mol. The van der Waals surface area contributed by atoms with Crippen molar-refractivity contribution in [2.24, 2.45) is 0 Å². The molecule has 18 heavy (non-hydrogen) atoms. The van der Waals surface area contributed by atoms with Crippen LogP contribution in [0, 0.1) is 18.6 Å². The molecule has 0 aliphatic rings. The molecule has 1 heterocycles. The highest BCUT2D eigenvalue weighted by atomic mass is 32.1. The zero-order valence-corrected chi connectivity index (χ0v) is 10.7. The van der Waals surface area contributed by atoms with Crippen molar-refractivity contribution in [1.29, 1.82) is 0 Å². The number of aromatic nitrogens is 1. The van der Waals surface area contributed by atoms with E-state index >= 15 is 0 Å². The number of benzene rings is 1. The molecule has 0 fully saturated rings. The Morgan fingerprint density at radius 2 is 1.89 bits per heavy atom. The molecular formula is C13H13F2NOS. The maximum Gasteiger partial charge on any atom is 0.126 e. The summed E-state index contributed by atoms with van der Waals surface area (Å²) >= 11 is 1.52. The van der Waals surface area contributed by atoms with E-state index in [1.165, 1.54) is 23.5 Å². The van der Waals surface area contributed by atoms with Gasteiger partial charge in [0.2, 0.25) is 0 Å². The fourth-order valence-electron chi connectivity index (χ4n) is 1.82. The average molecular weight is 269 g/mol. The largest absolute Gasteiger partial charge is 0.392 e. The van der Waals surface area contributed by atoms with Crippen molar-refractivity contribution < 1.29 is 13.9 Å². The van der Waals surface area contributed by atoms with E-state index in [9.17, 15) is 13.9 Å². The summed E-state index contributed by atoms with van der Waals surface area (Å²) in [6, 6.07) is 3.29. The van der Waals surface area contributed by atoms with Gasteiger partial charge in [0.1, 0.15) is 11.6 Å². The van der Waals surface area contributed by atoms with E-state index in [-0.39, 0.29) is 6.42 Å². The second kappa shape index (κ2) is 5.54. The molecule has 0 radical (unpaired) electrons. The van der Waals surface area contributed by atoms with E-state index < -0.39 is 17.7 Å². The van der Waals surface area contributed by atoms with E-state index in [1.54, 1.807) is 0 Å². The van der Waals surface area contributed by atoms with Gasteiger partial charge in [0.25, 0.3) is 0 Å². The van der Waals surface area contributed by atoms with Gasteiger partial charge in [-0.3, -0.25) is 0 Å². The van der Waals surface area contributed by atoms with Crippen LogP contribution in [0.3, 0.4) is 0 Å². The van der Waals surface area contributed by atoms with Crippen LogP contribution in [0.4, 0.5) is 8.78 Å². The summed E-state index contributed by atoms with van der Waals surface area (Å²) in [5, 5.41) is 12.7. The Bertz CT molecular complexity index is 521. The molecule has 0 saturated carbocycles. The lowest BCUT2D eigenvalue weighted by Crippen LogP contribution is -2.14. The van der Waals surface area contributed by atoms with Crippen molar-refractivity contribution in [2.75, 3.05) is 0 Å². The summed E-state index contributed by atoms with van der Waals surface area (Å²) in [5.74, 6) is -1.25. The number of aliphatic hydroxyl groups excluding tert-OH is 1. The number of rotatable bonds is 4. The van der Waals surface area contributed by atoms with Crippen molar-refractivity contribution in [2.45, 2.75) is 25.9 Å². The number of aliphatic hydroxyl groups is 1. The minimum atomic E-state index is -0.687. The fourth-order valence-corrected chi connectivity index (χ4v) is 2.44. The molecule has 96 valence electrons. The topological polar surface area (TPSA) is 33.1 Å². The first kappa shape index (κ1) is 13.1. The summed E-state index contributed by atoms with van der Waals surface area (Å²) in [7, 11) is 0. The lowest BCUT2D eigenvalue weighted by atomic mass is 10.0. The number of thiazole rings is 1. The fraction of sp³-hybridized carbons (Fsp3) is 0.308. The highest BCUT2D eigenvalue weighted by Crippen LogP contribution is 2.14. The number of aryl methyl sites for hydroxylation is 1. The van der Waals surface area contributed by atoms with Gasteiger partial charge in [0, 0.05) is 17.9 Å². The summed E-state index contributed by atoms with van der Waals surface area (Å²) in [4.78, 5) is 4.24. The highest BCUT2D eigenvalue weighted by Gasteiger charge is 2.10. The van der Waals surface area contributed by atoms with Gasteiger partial charge >= 0.3 is 0 Å². The molecule has 2 nitrogen and oxygen atoms in total. The first-order valence-corrected chi connectivity index (χ1v) is 6.45. The Morgan fingerprint density at radius 1 is 1.22 bits per heavy atom. The molecule has 1 atom stereocenters. The number of nitrogens with zero attached hydrogens (tertiary/aromatic N) is 1. The van der Waals surface area contributed by atoms with Crippen LogP contribution in [-0.2, 0) is 12.8 Å². The lowest BCUT2D eigenvalue weighted by Gasteiger charge is -2.09. The van der Waals surface area contributed by atoms with Crippen molar-refractivity contribution in [3.05, 3.63) is 51.5 Å². The highest BCUT2D eigenvalue weighted by molar-refractivity contribution is 7.09. The van der Waals surface area contributed by atoms with Crippen molar-refractivity contribution in [1.82, 2.24) is 4.98 Å². The molecular weight excluding hydrogens is 256 g/mol. The van der Waals surface area contributed by atoms with Crippen LogP contribution in [0.1, 0.15) is 16.3 Å². The average Bonchev–Trinajstić information content (AvgIpc) is 2.61. The predicted molar refractivity (Wildman–Crippen MR) is 66.6 cm³/mol. The molecule has 1 N–H and O–H groups in total. The van der Waals surface area contributed by atoms with Gasteiger partial charge in [-0.2, -0.15) is 0 Å². The quantitative estimate of drug-likeness (QED) is 0.925. The standard InChI is InChI=1S/C13H13F2NOS/c1-8-16-12(7-18-8)6-13(17)4-9-2-10(14)5-11(15)3-9/h2-3,5,7,13,17H,4,6H2,1H3. The molecule has 0 bridgehead atoms. The Morgan fingerprint density at radius 3 is 2.44 bits per heavy atom. The van der Waals surface area contributed by atoms with Crippen LogP contribution in [-0.4, -0.2) is 16.2 Å². The molecule has 2 rings (SSSR count). The Kier molecular flexibility index (Phi) is 4.04. The molecule has 1 aromatic carbocycles. The first-order valence-electron chi connectivity index (χ1n) is 5.57. The van der Waals surface area contributed by atoms with Crippen molar-refractivity contribution >= 4 is 11.3 Å². The maximum atomic E-state index is 13.0. The van der Waals surface area contributed by atoms with Crippen molar-refractivity contribution in [3.8, 4) is 0 Å². The van der Waals surface area contributed by atoms with Gasteiger partial charge in [-0.25, -0.2) is 13.8 Å². The predicted octanol–water partition coefficient (Wildman–Crippen LogP) is 2.88. The van der Waals surface area contributed by atoms with E-state index in [4.69, 9.17) is 0 Å². The van der Waals surface area contributed by atoms with Crippen LogP contribution >= 0.6 is 11.3 Å². The molecule has 0 amide bonds. The van der Waals surface area contributed by atoms with E-state index in [0.717, 1.165) is 16.8 Å². The van der Waals surface area contributed by atoms with Crippen LogP contribution in [0.15, 0.2) is 23.6 Å². The third-order valence-corrected chi connectivity index (χ3v) is 3.33. The van der Waals surface area contributed by atoms with Gasteiger partial charge in [0.15, 0.2) is 0 Å². The first-order chi connectivity index (χ1) is 8.52. The second-order valence-electron chi connectivity index (χ2n) is 4.20. The summed E-state index contributed by atoms with van der Waals surface area (Å²) in [5.41, 5.74) is 1.26. The Balaban J connectivity index is 2.00. The van der Waals surface area contributed by atoms with Gasteiger partial charge in [-0.15, -0.1) is 11.3 Å². The minimum absolute atomic E-state index is 0.214. The molecule has 2 aromatic rings. The zero-order chi connectivity index (χ0) is 13.1. The molecule has 0 spiro atoms. The van der Waals surface area contributed by atoms with Crippen LogP contribution in [0.5, 0.6) is 0 Å². The Hall–Kier alpha value is -1.33. The van der Waals surface area contributed by atoms with Crippen LogP contribution in [0.25, 0.3) is 0 Å². The number of halogens is 2. The molecule has 0 aliphatic carbocycles. The Labute approximate surface area is 108 Å². The number of hydrogen-bond donors (Lipinski definition) is 1. The van der Waals surface area contributed by atoms with Crippen LogP contribution < -0.4 is 0 Å². The summed E-state index contributed by atoms with van der Waals surface area (Å²) in [6.07, 6.45) is -0.0824. The van der Waals surface area contributed by atoms with Gasteiger partial charge in [-0.1, -0.05) is 0 Å². The van der Waals surface area contributed by atoms with E-state index in [1.807, 2.05) is 12.3 Å². The normalized spacial score (nSPS) is 12.7. The molecule has 1 aromatic heterocycles. The third kappa shape index (κ3) is 3.58. The van der Waals surface area contributed by atoms with E-state index in [2.05, 4.69) is 4.98 Å². The third-order valence-electron chi connectivity index (χ3n) is 2.51.